The van der Waals surface area contributed by atoms with E-state index in [1.165, 1.54) is 32.9 Å². The van der Waals surface area contributed by atoms with E-state index in [1.54, 1.807) is 27.1 Å². The first-order chi connectivity index (χ1) is 15.7. The molecule has 0 bridgehead atoms. The van der Waals surface area contributed by atoms with Crippen LogP contribution in [-0.4, -0.2) is 39.3 Å². The third kappa shape index (κ3) is 3.75. The van der Waals surface area contributed by atoms with Gasteiger partial charge in [-0.05, 0) is 84.4 Å². The second kappa shape index (κ2) is 7.79. The number of amides is 3. The fourth-order valence-electron chi connectivity index (χ4n) is 5.18. The molecule has 1 fully saturated rings. The van der Waals surface area contributed by atoms with E-state index in [-0.39, 0.29) is 29.3 Å². The van der Waals surface area contributed by atoms with Gasteiger partial charge in [0.2, 0.25) is 0 Å². The molecule has 0 spiro atoms. The van der Waals surface area contributed by atoms with Crippen LogP contribution in [0, 0.1) is 6.92 Å². The highest BCUT2D eigenvalue weighted by atomic mass is 16.2. The summed E-state index contributed by atoms with van der Waals surface area (Å²) >= 11 is 0. The van der Waals surface area contributed by atoms with Crippen LogP contribution in [0.3, 0.4) is 0 Å². The van der Waals surface area contributed by atoms with Crippen molar-refractivity contribution in [3.8, 4) is 0 Å². The molecule has 3 amide bonds. The van der Waals surface area contributed by atoms with Gasteiger partial charge in [-0.3, -0.25) is 14.7 Å². The van der Waals surface area contributed by atoms with Crippen molar-refractivity contribution in [2.75, 3.05) is 7.05 Å². The number of likely N-dealkylation sites (N-methyl/N-ethyl adjacent to an activating group) is 1. The van der Waals surface area contributed by atoms with E-state index in [4.69, 9.17) is 0 Å². The summed E-state index contributed by atoms with van der Waals surface area (Å²) in [6.07, 6.45) is 4.09. The van der Waals surface area contributed by atoms with Gasteiger partial charge in [0.25, 0.3) is 5.91 Å². The van der Waals surface area contributed by atoms with Gasteiger partial charge in [-0.1, -0.05) is 46.4 Å². The Morgan fingerprint density at radius 1 is 1.00 bits per heavy atom. The highest BCUT2D eigenvalue weighted by Gasteiger charge is 2.49. The average Bonchev–Trinajstić information content (AvgIpc) is 2.91. The summed E-state index contributed by atoms with van der Waals surface area (Å²) in [7, 11) is 1.66. The van der Waals surface area contributed by atoms with Crippen molar-refractivity contribution >= 4 is 17.5 Å². The lowest BCUT2D eigenvalue weighted by Gasteiger charge is -2.42. The first-order valence-corrected chi connectivity index (χ1v) is 12.1. The van der Waals surface area contributed by atoms with Crippen LogP contribution in [0.1, 0.15) is 87.9 Å². The van der Waals surface area contributed by atoms with E-state index in [0.29, 0.717) is 0 Å². The van der Waals surface area contributed by atoms with E-state index in [9.17, 15) is 9.59 Å². The predicted molar refractivity (Wildman–Crippen MR) is 137 cm³/mol. The second-order valence-electron chi connectivity index (χ2n) is 11.8. The maximum Gasteiger partial charge on any atom is 0.327 e. The number of fused-ring (bicyclic) bond motifs is 1. The third-order valence-corrected chi connectivity index (χ3v) is 8.12. The number of carbonyl (C=O) groups excluding carboxylic acids is 2. The van der Waals surface area contributed by atoms with Crippen molar-refractivity contribution in [2.45, 2.75) is 84.2 Å². The van der Waals surface area contributed by atoms with Crippen LogP contribution in [0.15, 0.2) is 37.0 Å². The Labute approximate surface area is 203 Å². The van der Waals surface area contributed by atoms with Crippen molar-refractivity contribution < 1.29 is 9.59 Å². The fourth-order valence-corrected chi connectivity index (χ4v) is 5.18. The number of benzene rings is 1. The summed E-state index contributed by atoms with van der Waals surface area (Å²) in [5.74, 6) is -0.191. The molecule has 4 rings (SSSR count). The third-order valence-electron chi connectivity index (χ3n) is 8.12. The van der Waals surface area contributed by atoms with E-state index in [0.717, 1.165) is 28.8 Å². The molecule has 2 aromatic rings. The number of imide groups is 1. The van der Waals surface area contributed by atoms with E-state index in [2.05, 4.69) is 58.3 Å². The highest BCUT2D eigenvalue weighted by molar-refractivity contribution is 6.06. The molecule has 0 atom stereocenters. The maximum atomic E-state index is 12.7. The second-order valence-corrected chi connectivity index (χ2v) is 11.8. The number of pyridine rings is 1. The molecule has 0 saturated carbocycles. The molecular formula is C29H37N3O2. The number of rotatable bonds is 4. The molecule has 1 aliphatic carbocycles. The van der Waals surface area contributed by atoms with Crippen LogP contribution >= 0.6 is 0 Å². The molecule has 1 aromatic heterocycles. The smallest absolute Gasteiger partial charge is 0.313 e. The first kappa shape index (κ1) is 24.2. The van der Waals surface area contributed by atoms with Crippen molar-refractivity contribution in [3.05, 3.63) is 70.6 Å². The topological polar surface area (TPSA) is 53.5 Å². The summed E-state index contributed by atoms with van der Waals surface area (Å²) in [5.41, 5.74) is 7.14. The van der Waals surface area contributed by atoms with Crippen LogP contribution in [0.4, 0.5) is 4.79 Å². The van der Waals surface area contributed by atoms with E-state index < -0.39 is 5.54 Å². The predicted octanol–water partition coefficient (Wildman–Crippen LogP) is 5.97. The Hall–Kier alpha value is -2.95. The number of nitrogens with zero attached hydrogens (tertiary/aromatic N) is 3. The van der Waals surface area contributed by atoms with Crippen molar-refractivity contribution in [2.24, 2.45) is 0 Å². The zero-order chi connectivity index (χ0) is 25.2. The van der Waals surface area contributed by atoms with Gasteiger partial charge in [-0.2, -0.15) is 0 Å². The molecule has 5 nitrogen and oxygen atoms in total. The molecule has 0 radical (unpaired) electrons. The van der Waals surface area contributed by atoms with Gasteiger partial charge in [0.05, 0.1) is 12.2 Å². The van der Waals surface area contributed by atoms with E-state index in [1.807, 2.05) is 12.1 Å². The monoisotopic (exact) mass is 459 g/mol. The Bertz CT molecular complexity index is 1190. The molecule has 1 aromatic carbocycles. The molecule has 2 heterocycles. The minimum absolute atomic E-state index is 0.126. The summed E-state index contributed by atoms with van der Waals surface area (Å²) in [6.45, 7) is 19.6. The maximum absolute atomic E-state index is 12.7. The van der Waals surface area contributed by atoms with Crippen molar-refractivity contribution in [3.63, 3.8) is 0 Å². The number of aryl methyl sites for hydroxylation is 1. The standard InChI is InChI=1S/C29H37N3O2/c1-18-14-22-23(28(5,6)13-12-27(22,3)4)15-21(18)19(2)24-11-10-20(16-30-24)17-32-25(33)29(7,8)31(9)26(32)34/h10-11,14-16H,2,12-13,17H2,1,3-9H3. The van der Waals surface area contributed by atoms with Crippen LogP contribution < -0.4 is 0 Å². The Balaban J connectivity index is 1.61. The van der Waals surface area contributed by atoms with Crippen LogP contribution in [0.2, 0.25) is 0 Å². The quantitative estimate of drug-likeness (QED) is 0.529. The molecule has 0 unspecified atom stereocenters. The molecule has 5 heteroatoms. The minimum atomic E-state index is -0.828. The van der Waals surface area contributed by atoms with Gasteiger partial charge < -0.3 is 4.90 Å². The van der Waals surface area contributed by atoms with Gasteiger partial charge in [0, 0.05) is 18.8 Å². The molecule has 0 N–H and O–H groups in total. The first-order valence-electron chi connectivity index (χ1n) is 12.1. The number of urea groups is 1. The molecule has 34 heavy (non-hydrogen) atoms. The number of hydrogen-bond donors (Lipinski definition) is 0. The number of hydrogen-bond acceptors (Lipinski definition) is 3. The molecule has 1 saturated heterocycles. The van der Waals surface area contributed by atoms with Gasteiger partial charge in [-0.15, -0.1) is 0 Å². The lowest BCUT2D eigenvalue weighted by Crippen LogP contribution is -2.41. The molecule has 2 aliphatic rings. The van der Waals surface area contributed by atoms with E-state index >= 15 is 0 Å². The lowest BCUT2D eigenvalue weighted by atomic mass is 9.62. The largest absolute Gasteiger partial charge is 0.327 e. The Morgan fingerprint density at radius 2 is 1.59 bits per heavy atom. The summed E-state index contributed by atoms with van der Waals surface area (Å²) < 4.78 is 0. The van der Waals surface area contributed by atoms with Gasteiger partial charge in [0.1, 0.15) is 5.54 Å². The highest BCUT2D eigenvalue weighted by Crippen LogP contribution is 2.47. The number of carbonyl (C=O) groups is 2. The summed E-state index contributed by atoms with van der Waals surface area (Å²) in [5, 5.41) is 0. The summed E-state index contributed by atoms with van der Waals surface area (Å²) in [6, 6.07) is 8.25. The molecular weight excluding hydrogens is 422 g/mol. The zero-order valence-electron chi connectivity index (χ0n) is 21.9. The van der Waals surface area contributed by atoms with Crippen molar-refractivity contribution in [1.82, 2.24) is 14.8 Å². The van der Waals surface area contributed by atoms with Gasteiger partial charge >= 0.3 is 6.03 Å². The van der Waals surface area contributed by atoms with Gasteiger partial charge in [0.15, 0.2) is 0 Å². The van der Waals surface area contributed by atoms with Crippen molar-refractivity contribution in [1.29, 1.82) is 0 Å². The fraction of sp³-hybridized carbons (Fsp3) is 0.483. The van der Waals surface area contributed by atoms with Crippen LogP contribution in [0.25, 0.3) is 5.57 Å². The Morgan fingerprint density at radius 3 is 2.09 bits per heavy atom. The molecule has 1 aliphatic heterocycles. The molecule has 180 valence electrons. The normalized spacial score (nSPS) is 20.5. The SMILES string of the molecule is C=C(c1ccc(CN2C(=O)N(C)C(C)(C)C2=O)cn1)c1cc2c(cc1C)C(C)(C)CCC2(C)C. The number of aromatic nitrogens is 1. The summed E-state index contributed by atoms with van der Waals surface area (Å²) in [4.78, 5) is 32.7. The minimum Gasteiger partial charge on any atom is -0.313 e. The zero-order valence-corrected chi connectivity index (χ0v) is 21.9. The van der Waals surface area contributed by atoms with Gasteiger partial charge in [-0.25, -0.2) is 4.79 Å². The average molecular weight is 460 g/mol. The van der Waals surface area contributed by atoms with Crippen LogP contribution in [0.5, 0.6) is 0 Å². The lowest BCUT2D eigenvalue weighted by molar-refractivity contribution is -0.132. The Kier molecular flexibility index (Phi) is 5.54. The van der Waals surface area contributed by atoms with Crippen LogP contribution in [-0.2, 0) is 22.2 Å².